The molecule has 58 valence electrons. The number of alkyl halides is 2. The maximum absolute atomic E-state index is 12.0. The highest BCUT2D eigenvalue weighted by Crippen LogP contribution is 2.48. The molecular formula is C6H8F2O2. The van der Waals surface area contributed by atoms with E-state index >= 15 is 0 Å². The molecule has 1 aliphatic rings. The van der Waals surface area contributed by atoms with Gasteiger partial charge in [0.05, 0.1) is 5.41 Å². The quantitative estimate of drug-likeness (QED) is 0.555. The van der Waals surface area contributed by atoms with Gasteiger partial charge in [-0.3, -0.25) is 13.6 Å². The first-order valence-electron chi connectivity index (χ1n) is 3.00. The lowest BCUT2D eigenvalue weighted by Crippen LogP contribution is -2.13. The van der Waals surface area contributed by atoms with Gasteiger partial charge in [0.25, 0.3) is 6.47 Å². The zero-order valence-corrected chi connectivity index (χ0v) is 5.35. The molecule has 1 fully saturated rings. The second-order valence-electron chi connectivity index (χ2n) is 2.55. The lowest BCUT2D eigenvalue weighted by atomic mass is 10.1. The van der Waals surface area contributed by atoms with E-state index in [-0.39, 0.29) is 6.47 Å². The van der Waals surface area contributed by atoms with Gasteiger partial charge in [-0.15, -0.1) is 0 Å². The van der Waals surface area contributed by atoms with E-state index in [1.165, 1.54) is 0 Å². The Balaban J connectivity index is 2.36. The van der Waals surface area contributed by atoms with Crippen molar-refractivity contribution in [3.05, 3.63) is 0 Å². The molecule has 0 radical (unpaired) electrons. The molecule has 10 heavy (non-hydrogen) atoms. The monoisotopic (exact) mass is 150 g/mol. The summed E-state index contributed by atoms with van der Waals surface area (Å²) in [5, 5.41) is 0. The van der Waals surface area contributed by atoms with Crippen LogP contribution in [0.2, 0.25) is 0 Å². The summed E-state index contributed by atoms with van der Waals surface area (Å²) < 4.78 is 28.3. The number of rotatable bonds is 4. The van der Waals surface area contributed by atoms with Crippen LogP contribution < -0.4 is 0 Å². The Morgan fingerprint density at radius 3 is 2.50 bits per heavy atom. The molecule has 0 heterocycles. The molecule has 0 spiro atoms. The van der Waals surface area contributed by atoms with Crippen molar-refractivity contribution in [2.45, 2.75) is 12.5 Å². The van der Waals surface area contributed by atoms with Crippen molar-refractivity contribution in [2.75, 3.05) is 13.3 Å². The van der Waals surface area contributed by atoms with Crippen LogP contribution in [0, 0.1) is 5.41 Å². The number of carbonyl (C=O) groups excluding carboxylic acids is 1. The van der Waals surface area contributed by atoms with Gasteiger partial charge in [-0.05, 0) is 6.42 Å². The SMILES string of the molecule is O=COC1CC1(CF)CF. The second-order valence-corrected chi connectivity index (χ2v) is 2.55. The van der Waals surface area contributed by atoms with Gasteiger partial charge >= 0.3 is 0 Å². The van der Waals surface area contributed by atoms with Gasteiger partial charge in [-0.1, -0.05) is 0 Å². The fraction of sp³-hybridized carbons (Fsp3) is 0.833. The Morgan fingerprint density at radius 1 is 1.60 bits per heavy atom. The summed E-state index contributed by atoms with van der Waals surface area (Å²) in [7, 11) is 0. The zero-order valence-electron chi connectivity index (χ0n) is 5.35. The highest BCUT2D eigenvalue weighted by molar-refractivity contribution is 5.39. The van der Waals surface area contributed by atoms with E-state index in [2.05, 4.69) is 4.74 Å². The Bertz CT molecular complexity index is 134. The molecule has 0 aromatic rings. The number of ether oxygens (including phenoxy) is 1. The number of carbonyl (C=O) groups is 1. The van der Waals surface area contributed by atoms with Crippen molar-refractivity contribution in [1.82, 2.24) is 0 Å². The van der Waals surface area contributed by atoms with Crippen LogP contribution in [0.1, 0.15) is 6.42 Å². The van der Waals surface area contributed by atoms with Crippen LogP contribution in [-0.4, -0.2) is 25.9 Å². The zero-order chi connectivity index (χ0) is 7.61. The van der Waals surface area contributed by atoms with Crippen LogP contribution in [0.25, 0.3) is 0 Å². The number of hydrogen-bond acceptors (Lipinski definition) is 2. The van der Waals surface area contributed by atoms with Crippen molar-refractivity contribution in [2.24, 2.45) is 5.41 Å². The topological polar surface area (TPSA) is 26.3 Å². The molecule has 1 saturated carbocycles. The van der Waals surface area contributed by atoms with E-state index < -0.39 is 24.9 Å². The minimum Gasteiger partial charge on any atom is -0.464 e. The van der Waals surface area contributed by atoms with Crippen LogP contribution in [0.3, 0.4) is 0 Å². The third-order valence-electron chi connectivity index (χ3n) is 1.87. The van der Waals surface area contributed by atoms with Gasteiger partial charge in [-0.25, -0.2) is 0 Å². The highest BCUT2D eigenvalue weighted by Gasteiger charge is 2.57. The average Bonchev–Trinajstić information content (AvgIpc) is 2.65. The minimum atomic E-state index is -0.985. The fourth-order valence-corrected chi connectivity index (χ4v) is 0.887. The van der Waals surface area contributed by atoms with Crippen LogP contribution in [-0.2, 0) is 9.53 Å². The molecule has 1 rings (SSSR count). The van der Waals surface area contributed by atoms with Crippen molar-refractivity contribution < 1.29 is 18.3 Å². The smallest absolute Gasteiger partial charge is 0.293 e. The predicted octanol–water partition coefficient (Wildman–Crippen LogP) is 0.857. The first-order chi connectivity index (χ1) is 4.79. The van der Waals surface area contributed by atoms with Gasteiger partial charge in [-0.2, -0.15) is 0 Å². The van der Waals surface area contributed by atoms with E-state index in [9.17, 15) is 13.6 Å². The van der Waals surface area contributed by atoms with Crippen molar-refractivity contribution >= 4 is 6.47 Å². The average molecular weight is 150 g/mol. The molecule has 0 aliphatic heterocycles. The molecule has 1 aliphatic carbocycles. The van der Waals surface area contributed by atoms with Crippen LogP contribution in [0.15, 0.2) is 0 Å². The molecule has 1 unspecified atom stereocenters. The molecule has 1 atom stereocenters. The molecule has 4 heteroatoms. The number of hydrogen-bond donors (Lipinski definition) is 0. The van der Waals surface area contributed by atoms with Gasteiger partial charge in [0, 0.05) is 0 Å². The normalized spacial score (nSPS) is 27.6. The van der Waals surface area contributed by atoms with E-state index in [0.717, 1.165) is 0 Å². The number of halogens is 2. The molecule has 0 bridgehead atoms. The van der Waals surface area contributed by atoms with E-state index in [1.54, 1.807) is 0 Å². The van der Waals surface area contributed by atoms with Crippen molar-refractivity contribution in [1.29, 1.82) is 0 Å². The van der Waals surface area contributed by atoms with Crippen LogP contribution in [0.4, 0.5) is 8.78 Å². The summed E-state index contributed by atoms with van der Waals surface area (Å²) in [6.45, 7) is -1.26. The minimum absolute atomic E-state index is 0.234. The lowest BCUT2D eigenvalue weighted by Gasteiger charge is -2.04. The summed E-state index contributed by atoms with van der Waals surface area (Å²) in [6.07, 6.45) is -0.210. The molecule has 0 N–H and O–H groups in total. The fourth-order valence-electron chi connectivity index (χ4n) is 0.887. The summed E-state index contributed by atoms with van der Waals surface area (Å²) in [5.74, 6) is 0. The molecule has 0 aromatic heterocycles. The van der Waals surface area contributed by atoms with Crippen molar-refractivity contribution in [3.63, 3.8) is 0 Å². The standard InChI is InChI=1S/C6H8F2O2/c7-2-6(3-8)1-5(6)10-4-9/h4-5H,1-3H2. The molecule has 0 aromatic carbocycles. The summed E-state index contributed by atoms with van der Waals surface area (Å²) in [6, 6.07) is 0. The lowest BCUT2D eigenvalue weighted by molar-refractivity contribution is -0.131. The summed E-state index contributed by atoms with van der Waals surface area (Å²) in [5.41, 5.74) is -0.985. The van der Waals surface area contributed by atoms with Gasteiger partial charge < -0.3 is 4.74 Å². The summed E-state index contributed by atoms with van der Waals surface area (Å²) >= 11 is 0. The Morgan fingerprint density at radius 2 is 2.20 bits per heavy atom. The third kappa shape index (κ3) is 0.978. The van der Waals surface area contributed by atoms with Crippen LogP contribution in [0.5, 0.6) is 0 Å². The predicted molar refractivity (Wildman–Crippen MR) is 29.9 cm³/mol. The van der Waals surface area contributed by atoms with Gasteiger partial charge in [0.1, 0.15) is 19.5 Å². The maximum Gasteiger partial charge on any atom is 0.293 e. The van der Waals surface area contributed by atoms with Gasteiger partial charge in [0.2, 0.25) is 0 Å². The van der Waals surface area contributed by atoms with Crippen molar-refractivity contribution in [3.8, 4) is 0 Å². The molecule has 0 saturated heterocycles. The first kappa shape index (κ1) is 7.44. The van der Waals surface area contributed by atoms with Gasteiger partial charge in [0.15, 0.2) is 0 Å². The summed E-state index contributed by atoms with van der Waals surface area (Å²) in [4.78, 5) is 9.71. The Labute approximate surface area is 57.2 Å². The van der Waals surface area contributed by atoms with E-state index in [1.807, 2.05) is 0 Å². The highest BCUT2D eigenvalue weighted by atomic mass is 19.1. The van der Waals surface area contributed by atoms with E-state index in [0.29, 0.717) is 6.42 Å². The van der Waals surface area contributed by atoms with Crippen LogP contribution >= 0.6 is 0 Å². The Kier molecular flexibility index (Phi) is 1.87. The molecule has 0 amide bonds. The third-order valence-corrected chi connectivity index (χ3v) is 1.87. The maximum atomic E-state index is 12.0. The largest absolute Gasteiger partial charge is 0.464 e. The Hall–Kier alpha value is -0.670. The van der Waals surface area contributed by atoms with E-state index in [4.69, 9.17) is 0 Å². The first-order valence-corrected chi connectivity index (χ1v) is 3.00. The molecule has 2 nitrogen and oxygen atoms in total. The molecular weight excluding hydrogens is 142 g/mol. The second kappa shape index (κ2) is 2.52.